The molecule has 146 valence electrons. The summed E-state index contributed by atoms with van der Waals surface area (Å²) in [6.07, 6.45) is 1.68. The van der Waals surface area contributed by atoms with Crippen LogP contribution in [-0.2, 0) is 6.54 Å². The van der Waals surface area contributed by atoms with Crippen LogP contribution in [0.2, 0.25) is 0 Å². The van der Waals surface area contributed by atoms with Gasteiger partial charge in [0.25, 0.3) is 5.91 Å². The summed E-state index contributed by atoms with van der Waals surface area (Å²) in [5, 5.41) is 8.17. The zero-order valence-corrected chi connectivity index (χ0v) is 16.6. The first kappa shape index (κ1) is 18.7. The Morgan fingerprint density at radius 1 is 1.10 bits per heavy atom. The first-order valence-electron chi connectivity index (χ1n) is 9.37. The van der Waals surface area contributed by atoms with E-state index in [1.54, 1.807) is 24.1 Å². The molecular formula is C23H22N4O2. The molecule has 0 saturated carbocycles. The predicted octanol–water partition coefficient (Wildman–Crippen LogP) is 4.36. The first-order valence-corrected chi connectivity index (χ1v) is 9.37. The highest BCUT2D eigenvalue weighted by Gasteiger charge is 2.15. The fourth-order valence-corrected chi connectivity index (χ4v) is 3.34. The van der Waals surface area contributed by atoms with Crippen molar-refractivity contribution in [3.63, 3.8) is 0 Å². The summed E-state index contributed by atoms with van der Waals surface area (Å²) in [5.41, 5.74) is 4.33. The third-order valence-corrected chi connectivity index (χ3v) is 4.83. The maximum Gasteiger partial charge on any atom is 0.258 e. The highest BCUT2D eigenvalue weighted by atomic mass is 16.5. The van der Waals surface area contributed by atoms with Crippen molar-refractivity contribution in [3.8, 4) is 5.75 Å². The van der Waals surface area contributed by atoms with E-state index in [-0.39, 0.29) is 5.91 Å². The number of carbonyl (C=O) groups is 1. The SMILES string of the molecule is COc1ccc2nc(C)c(C(=O)Nc3ccnn3Cc3cccc(C)c3)cc2c1. The summed E-state index contributed by atoms with van der Waals surface area (Å²) in [6.45, 7) is 4.47. The van der Waals surface area contributed by atoms with E-state index in [1.807, 2.05) is 43.3 Å². The van der Waals surface area contributed by atoms with Gasteiger partial charge in [-0.3, -0.25) is 9.78 Å². The third kappa shape index (κ3) is 3.96. The largest absolute Gasteiger partial charge is 0.497 e. The lowest BCUT2D eigenvalue weighted by Crippen LogP contribution is -2.17. The number of anilines is 1. The lowest BCUT2D eigenvalue weighted by molar-refractivity contribution is 0.102. The number of carbonyl (C=O) groups excluding carboxylic acids is 1. The minimum absolute atomic E-state index is 0.217. The van der Waals surface area contributed by atoms with Gasteiger partial charge in [0.15, 0.2) is 0 Å². The number of hydrogen-bond donors (Lipinski definition) is 1. The fraction of sp³-hybridized carbons (Fsp3) is 0.174. The van der Waals surface area contributed by atoms with Crippen LogP contribution in [0, 0.1) is 13.8 Å². The molecule has 0 atom stereocenters. The molecule has 2 aromatic heterocycles. The smallest absolute Gasteiger partial charge is 0.258 e. The summed E-state index contributed by atoms with van der Waals surface area (Å²) >= 11 is 0. The molecule has 4 aromatic rings. The summed E-state index contributed by atoms with van der Waals surface area (Å²) in [5.74, 6) is 1.15. The van der Waals surface area contributed by atoms with E-state index in [0.717, 1.165) is 22.2 Å². The van der Waals surface area contributed by atoms with Crippen LogP contribution in [0.5, 0.6) is 5.75 Å². The first-order chi connectivity index (χ1) is 14.0. The summed E-state index contributed by atoms with van der Waals surface area (Å²) < 4.78 is 7.06. The van der Waals surface area contributed by atoms with Crippen molar-refractivity contribution >= 4 is 22.6 Å². The molecule has 2 aromatic carbocycles. The number of hydrogen-bond acceptors (Lipinski definition) is 4. The van der Waals surface area contributed by atoms with Crippen LogP contribution >= 0.6 is 0 Å². The molecule has 4 rings (SSSR count). The van der Waals surface area contributed by atoms with E-state index in [2.05, 4.69) is 34.5 Å². The molecular weight excluding hydrogens is 364 g/mol. The molecule has 2 heterocycles. The van der Waals surface area contributed by atoms with Gasteiger partial charge in [-0.1, -0.05) is 29.8 Å². The standard InChI is InChI=1S/C23H22N4O2/c1-15-5-4-6-17(11-15)14-27-22(9-10-24-27)26-23(28)20-13-18-12-19(29-3)7-8-21(18)25-16(20)2/h4-13H,14H2,1-3H3,(H,26,28). The molecule has 6 heteroatoms. The number of pyridine rings is 1. The molecule has 1 N–H and O–H groups in total. The topological polar surface area (TPSA) is 69.0 Å². The van der Waals surface area contributed by atoms with Gasteiger partial charge in [-0.2, -0.15) is 5.10 Å². The second-order valence-electron chi connectivity index (χ2n) is 7.00. The average Bonchev–Trinajstić information content (AvgIpc) is 3.13. The van der Waals surface area contributed by atoms with Crippen LogP contribution in [-0.4, -0.2) is 27.8 Å². The molecule has 0 bridgehead atoms. The molecule has 29 heavy (non-hydrogen) atoms. The minimum Gasteiger partial charge on any atom is -0.497 e. The van der Waals surface area contributed by atoms with Crippen molar-refractivity contribution < 1.29 is 9.53 Å². The van der Waals surface area contributed by atoms with Gasteiger partial charge < -0.3 is 10.1 Å². The second-order valence-corrected chi connectivity index (χ2v) is 7.00. The van der Waals surface area contributed by atoms with Crippen LogP contribution in [0.3, 0.4) is 0 Å². The van der Waals surface area contributed by atoms with Crippen LogP contribution in [0.25, 0.3) is 10.9 Å². The fourth-order valence-electron chi connectivity index (χ4n) is 3.34. The average molecular weight is 386 g/mol. The maximum absolute atomic E-state index is 13.0. The van der Waals surface area contributed by atoms with E-state index in [9.17, 15) is 4.79 Å². The molecule has 1 amide bonds. The van der Waals surface area contributed by atoms with Gasteiger partial charge in [0, 0.05) is 11.5 Å². The molecule has 0 saturated heterocycles. The van der Waals surface area contributed by atoms with Crippen LogP contribution in [0.15, 0.2) is 60.8 Å². The zero-order chi connectivity index (χ0) is 20.4. The summed E-state index contributed by atoms with van der Waals surface area (Å²) in [7, 11) is 1.62. The van der Waals surface area contributed by atoms with Crippen molar-refractivity contribution in [3.05, 3.63) is 83.2 Å². The number of ether oxygens (including phenoxy) is 1. The summed E-state index contributed by atoms with van der Waals surface area (Å²) in [4.78, 5) is 17.5. The van der Waals surface area contributed by atoms with Gasteiger partial charge in [-0.25, -0.2) is 4.68 Å². The molecule has 0 unspecified atom stereocenters. The quantitative estimate of drug-likeness (QED) is 0.553. The number of nitrogens with one attached hydrogen (secondary N) is 1. The van der Waals surface area contributed by atoms with Crippen LogP contribution < -0.4 is 10.1 Å². The Bertz CT molecular complexity index is 1200. The lowest BCUT2D eigenvalue weighted by atomic mass is 10.1. The van der Waals surface area contributed by atoms with Crippen LogP contribution in [0.1, 0.15) is 27.2 Å². The van der Waals surface area contributed by atoms with E-state index in [4.69, 9.17) is 4.74 Å². The Morgan fingerprint density at radius 2 is 1.97 bits per heavy atom. The van der Waals surface area contributed by atoms with Gasteiger partial charge in [-0.15, -0.1) is 0 Å². The van der Waals surface area contributed by atoms with Gasteiger partial charge in [0.05, 0.1) is 36.6 Å². The van der Waals surface area contributed by atoms with E-state index < -0.39 is 0 Å². The highest BCUT2D eigenvalue weighted by Crippen LogP contribution is 2.23. The Hall–Kier alpha value is -3.67. The zero-order valence-electron chi connectivity index (χ0n) is 16.6. The Balaban J connectivity index is 1.60. The van der Waals surface area contributed by atoms with Crippen molar-refractivity contribution in [1.82, 2.24) is 14.8 Å². The number of nitrogens with zero attached hydrogens (tertiary/aromatic N) is 3. The van der Waals surface area contributed by atoms with Gasteiger partial charge >= 0.3 is 0 Å². The lowest BCUT2D eigenvalue weighted by Gasteiger charge is -2.12. The maximum atomic E-state index is 13.0. The van der Waals surface area contributed by atoms with Crippen molar-refractivity contribution in [1.29, 1.82) is 0 Å². The monoisotopic (exact) mass is 386 g/mol. The van der Waals surface area contributed by atoms with Gasteiger partial charge in [0.1, 0.15) is 11.6 Å². The Kier molecular flexibility index (Phi) is 4.99. The normalized spacial score (nSPS) is 10.9. The minimum atomic E-state index is -0.217. The molecule has 0 aliphatic rings. The number of rotatable bonds is 5. The number of aryl methyl sites for hydroxylation is 2. The van der Waals surface area contributed by atoms with Gasteiger partial charge in [0.2, 0.25) is 0 Å². The second kappa shape index (κ2) is 7.75. The highest BCUT2D eigenvalue weighted by molar-refractivity contribution is 6.06. The number of aromatic nitrogens is 3. The predicted molar refractivity (Wildman–Crippen MR) is 113 cm³/mol. The molecule has 0 aliphatic heterocycles. The number of fused-ring (bicyclic) bond motifs is 1. The Morgan fingerprint density at radius 3 is 2.76 bits per heavy atom. The number of benzene rings is 2. The molecule has 0 spiro atoms. The van der Waals surface area contributed by atoms with E-state index in [0.29, 0.717) is 23.6 Å². The Labute approximate surface area is 169 Å². The van der Waals surface area contributed by atoms with Crippen LogP contribution in [0.4, 0.5) is 5.82 Å². The van der Waals surface area contributed by atoms with E-state index >= 15 is 0 Å². The molecule has 0 radical (unpaired) electrons. The summed E-state index contributed by atoms with van der Waals surface area (Å²) in [6, 6.07) is 17.5. The third-order valence-electron chi connectivity index (χ3n) is 4.83. The number of methoxy groups -OCH3 is 1. The molecule has 0 aliphatic carbocycles. The van der Waals surface area contributed by atoms with Crippen molar-refractivity contribution in [2.24, 2.45) is 0 Å². The molecule has 0 fully saturated rings. The number of amides is 1. The van der Waals surface area contributed by atoms with Crippen molar-refractivity contribution in [2.45, 2.75) is 20.4 Å². The van der Waals surface area contributed by atoms with E-state index in [1.165, 1.54) is 5.56 Å². The van der Waals surface area contributed by atoms with Gasteiger partial charge in [-0.05, 0) is 43.7 Å². The van der Waals surface area contributed by atoms with Crippen molar-refractivity contribution in [2.75, 3.05) is 12.4 Å². The molecule has 6 nitrogen and oxygen atoms in total.